The number of fused-ring (bicyclic) bond motifs is 9. The van der Waals surface area contributed by atoms with Gasteiger partial charge in [0.25, 0.3) is 0 Å². The second-order valence-electron chi connectivity index (χ2n) is 14.8. The average molecular weight is 756 g/mol. The van der Waals surface area contributed by atoms with Crippen molar-refractivity contribution < 1.29 is 0 Å². The van der Waals surface area contributed by atoms with Gasteiger partial charge >= 0.3 is 0 Å². The van der Waals surface area contributed by atoms with E-state index < -0.39 is 5.41 Å². The van der Waals surface area contributed by atoms with Gasteiger partial charge in [0.2, 0.25) is 0 Å². The Morgan fingerprint density at radius 1 is 0.397 bits per heavy atom. The SMILES string of the molecule is N#Cc1cccc2c1-c1c(-c3cccc(-c4cccc(-c5nc(-c6ccccc6)cc(-c6ccccc6)n5)c4)c3)cccc1C21c2ccccc2Sc2ccccc21. The highest BCUT2D eigenvalue weighted by atomic mass is 32.2. The summed E-state index contributed by atoms with van der Waals surface area (Å²) in [7, 11) is 0. The van der Waals surface area contributed by atoms with E-state index >= 15 is 0 Å². The fourth-order valence-corrected chi connectivity index (χ4v) is 10.3. The lowest BCUT2D eigenvalue weighted by Gasteiger charge is -2.39. The second-order valence-corrected chi connectivity index (χ2v) is 15.9. The van der Waals surface area contributed by atoms with Crippen molar-refractivity contribution in [1.29, 1.82) is 5.26 Å². The molecule has 8 aromatic carbocycles. The topological polar surface area (TPSA) is 49.6 Å². The van der Waals surface area contributed by atoms with Crippen LogP contribution in [0.1, 0.15) is 27.8 Å². The van der Waals surface area contributed by atoms with Gasteiger partial charge in [0, 0.05) is 32.0 Å². The van der Waals surface area contributed by atoms with Crippen molar-refractivity contribution in [2.24, 2.45) is 0 Å². The highest BCUT2D eigenvalue weighted by Gasteiger charge is 2.51. The lowest BCUT2D eigenvalue weighted by Crippen LogP contribution is -2.31. The van der Waals surface area contributed by atoms with E-state index in [2.05, 4.69) is 158 Å². The molecule has 0 radical (unpaired) electrons. The molecule has 2 heterocycles. The van der Waals surface area contributed by atoms with Gasteiger partial charge in [0.15, 0.2) is 5.82 Å². The van der Waals surface area contributed by atoms with Gasteiger partial charge in [-0.15, -0.1) is 0 Å². The first kappa shape index (κ1) is 34.0. The monoisotopic (exact) mass is 755 g/mol. The van der Waals surface area contributed by atoms with Crippen LogP contribution in [-0.2, 0) is 5.41 Å². The number of nitrogens with zero attached hydrogens (tertiary/aromatic N) is 3. The van der Waals surface area contributed by atoms with Gasteiger partial charge in [-0.25, -0.2) is 9.97 Å². The largest absolute Gasteiger partial charge is 0.228 e. The van der Waals surface area contributed by atoms with Gasteiger partial charge in [-0.1, -0.05) is 176 Å². The van der Waals surface area contributed by atoms with Gasteiger partial charge in [-0.2, -0.15) is 5.26 Å². The summed E-state index contributed by atoms with van der Waals surface area (Å²) < 4.78 is 0. The number of hydrogen-bond donors (Lipinski definition) is 0. The predicted molar refractivity (Wildman–Crippen MR) is 235 cm³/mol. The molecule has 11 rings (SSSR count). The first-order valence-electron chi connectivity index (χ1n) is 19.5. The molecule has 0 N–H and O–H groups in total. The molecule has 0 unspecified atom stereocenters. The minimum Gasteiger partial charge on any atom is -0.228 e. The Morgan fingerprint density at radius 2 is 0.862 bits per heavy atom. The van der Waals surface area contributed by atoms with E-state index in [4.69, 9.17) is 9.97 Å². The molecule has 0 fully saturated rings. The Balaban J connectivity index is 1.07. The lowest BCUT2D eigenvalue weighted by atomic mass is 9.67. The van der Waals surface area contributed by atoms with E-state index in [1.165, 1.54) is 26.5 Å². The summed E-state index contributed by atoms with van der Waals surface area (Å²) in [5.41, 5.74) is 16.3. The standard InChI is InChI=1S/C54H33N3S/c55-34-41-23-13-27-45-51(41)52-42(24-14-28-46(52)54(45)43-25-7-9-29-49(43)58-50-30-10-8-26-44(50)54)39-21-11-19-37(31-39)38-20-12-22-40(32-38)53-56-47(35-15-3-1-4-16-35)33-48(57-53)36-17-5-2-6-18-36/h1-33H. The molecule has 1 spiro atoms. The molecule has 2 aliphatic rings. The van der Waals surface area contributed by atoms with E-state index in [0.29, 0.717) is 11.4 Å². The molecule has 4 heteroatoms. The smallest absolute Gasteiger partial charge is 0.160 e. The molecular formula is C54H33N3S. The maximum atomic E-state index is 10.7. The molecule has 270 valence electrons. The van der Waals surface area contributed by atoms with Crippen molar-refractivity contribution in [3.8, 4) is 73.4 Å². The fraction of sp³-hybridized carbons (Fsp3) is 0.0185. The van der Waals surface area contributed by atoms with E-state index in [-0.39, 0.29) is 0 Å². The van der Waals surface area contributed by atoms with Crippen molar-refractivity contribution in [2.75, 3.05) is 0 Å². The quantitative estimate of drug-likeness (QED) is 0.175. The van der Waals surface area contributed by atoms with Crippen LogP contribution >= 0.6 is 11.8 Å². The predicted octanol–water partition coefficient (Wildman–Crippen LogP) is 13.5. The van der Waals surface area contributed by atoms with E-state index in [1.807, 2.05) is 60.3 Å². The lowest BCUT2D eigenvalue weighted by molar-refractivity contribution is 0.722. The van der Waals surface area contributed by atoms with Gasteiger partial charge in [0.05, 0.1) is 28.4 Å². The number of nitriles is 1. The maximum Gasteiger partial charge on any atom is 0.160 e. The van der Waals surface area contributed by atoms with Crippen LogP contribution in [0.25, 0.3) is 67.3 Å². The van der Waals surface area contributed by atoms with Crippen LogP contribution in [0.3, 0.4) is 0 Å². The Morgan fingerprint density at radius 3 is 1.48 bits per heavy atom. The van der Waals surface area contributed by atoms with Gasteiger partial charge in [0.1, 0.15) is 0 Å². The van der Waals surface area contributed by atoms with Crippen LogP contribution in [0.15, 0.2) is 210 Å². The summed E-state index contributed by atoms with van der Waals surface area (Å²) in [5, 5.41) is 10.7. The number of benzene rings is 8. The average Bonchev–Trinajstić information content (AvgIpc) is 3.60. The summed E-state index contributed by atoms with van der Waals surface area (Å²) in [5.74, 6) is 0.677. The molecule has 3 nitrogen and oxygen atoms in total. The van der Waals surface area contributed by atoms with Gasteiger partial charge < -0.3 is 0 Å². The number of rotatable bonds is 5. The summed E-state index contributed by atoms with van der Waals surface area (Å²) >= 11 is 1.83. The first-order valence-corrected chi connectivity index (χ1v) is 20.3. The number of hydrogen-bond acceptors (Lipinski definition) is 4. The zero-order valence-corrected chi connectivity index (χ0v) is 32.1. The summed E-state index contributed by atoms with van der Waals surface area (Å²) in [6, 6.07) is 73.1. The molecule has 0 atom stereocenters. The fourth-order valence-electron chi connectivity index (χ4n) is 9.12. The summed E-state index contributed by atoms with van der Waals surface area (Å²) in [6.07, 6.45) is 0. The molecule has 1 aliphatic carbocycles. The van der Waals surface area contributed by atoms with Crippen LogP contribution in [0.2, 0.25) is 0 Å². The van der Waals surface area contributed by atoms with E-state index in [9.17, 15) is 5.26 Å². The third-order valence-electron chi connectivity index (χ3n) is 11.6. The minimum atomic E-state index is -0.565. The highest BCUT2D eigenvalue weighted by Crippen LogP contribution is 2.64. The Labute approximate surface area is 342 Å². The van der Waals surface area contributed by atoms with Crippen LogP contribution in [0.5, 0.6) is 0 Å². The Kier molecular flexibility index (Phi) is 8.03. The molecule has 58 heavy (non-hydrogen) atoms. The highest BCUT2D eigenvalue weighted by molar-refractivity contribution is 7.99. The molecule has 1 aromatic heterocycles. The normalized spacial score (nSPS) is 12.9. The molecule has 9 aromatic rings. The maximum absolute atomic E-state index is 10.7. The first-order chi connectivity index (χ1) is 28.7. The second kappa shape index (κ2) is 13.7. The van der Waals surface area contributed by atoms with Crippen LogP contribution in [-0.4, -0.2) is 9.97 Å². The Bertz CT molecular complexity index is 3010. The van der Waals surface area contributed by atoms with E-state index in [1.54, 1.807) is 0 Å². The molecular weight excluding hydrogens is 723 g/mol. The Hall–Kier alpha value is -7.32. The summed E-state index contributed by atoms with van der Waals surface area (Å²) in [6.45, 7) is 0. The zero-order chi connectivity index (χ0) is 38.6. The third-order valence-corrected chi connectivity index (χ3v) is 12.8. The van der Waals surface area contributed by atoms with Gasteiger partial charge in [-0.3, -0.25) is 0 Å². The van der Waals surface area contributed by atoms with Crippen molar-refractivity contribution in [3.05, 3.63) is 228 Å². The van der Waals surface area contributed by atoms with Crippen molar-refractivity contribution in [1.82, 2.24) is 9.97 Å². The molecule has 0 saturated heterocycles. The van der Waals surface area contributed by atoms with Crippen LogP contribution in [0.4, 0.5) is 0 Å². The molecule has 0 amide bonds. The van der Waals surface area contributed by atoms with Gasteiger partial charge in [-0.05, 0) is 86.5 Å². The molecule has 0 bridgehead atoms. The van der Waals surface area contributed by atoms with Crippen LogP contribution < -0.4 is 0 Å². The number of aromatic nitrogens is 2. The van der Waals surface area contributed by atoms with Crippen molar-refractivity contribution in [2.45, 2.75) is 15.2 Å². The van der Waals surface area contributed by atoms with Crippen molar-refractivity contribution in [3.63, 3.8) is 0 Å². The third kappa shape index (κ3) is 5.29. The summed E-state index contributed by atoms with van der Waals surface area (Å²) in [4.78, 5) is 12.7. The van der Waals surface area contributed by atoms with Crippen LogP contribution in [0, 0.1) is 11.3 Å². The van der Waals surface area contributed by atoms with Crippen molar-refractivity contribution >= 4 is 11.8 Å². The minimum absolute atomic E-state index is 0.565. The van der Waals surface area contributed by atoms with E-state index in [0.717, 1.165) is 67.0 Å². The molecule has 0 saturated carbocycles. The zero-order valence-electron chi connectivity index (χ0n) is 31.3. The molecule has 1 aliphatic heterocycles.